The number of rotatable bonds is 1. The van der Waals surface area contributed by atoms with E-state index >= 15 is 0 Å². The highest BCUT2D eigenvalue weighted by molar-refractivity contribution is 6.62. The molecule has 7 heteroatoms. The Labute approximate surface area is 120 Å². The van der Waals surface area contributed by atoms with Crippen molar-refractivity contribution in [3.63, 3.8) is 0 Å². The lowest BCUT2D eigenvalue weighted by atomic mass is 9.80. The Balaban J connectivity index is 2.02. The minimum atomic E-state index is -0.419. The van der Waals surface area contributed by atoms with Gasteiger partial charge in [0.25, 0.3) is 7.98 Å². The molecule has 0 N–H and O–H groups in total. The van der Waals surface area contributed by atoms with Crippen molar-refractivity contribution in [1.82, 2.24) is 14.7 Å². The maximum absolute atomic E-state index is 6.03. The molecule has 1 aliphatic heterocycles. The highest BCUT2D eigenvalue weighted by Gasteiger charge is 2.51. The van der Waals surface area contributed by atoms with Gasteiger partial charge in [0.05, 0.1) is 16.9 Å². The number of nitrogens with zero attached hydrogens (tertiary/aromatic N) is 3. The summed E-state index contributed by atoms with van der Waals surface area (Å²) >= 11 is 0. The second kappa shape index (κ2) is 4.09. The fourth-order valence-electron chi connectivity index (χ4n) is 2.29. The normalized spacial score (nSPS) is 20.8. The van der Waals surface area contributed by atoms with Gasteiger partial charge in [0, 0.05) is 17.0 Å². The van der Waals surface area contributed by atoms with E-state index in [1.54, 1.807) is 6.20 Å². The fraction of sp³-hybridized carbons (Fsp3) is 0.538. The summed E-state index contributed by atoms with van der Waals surface area (Å²) in [5, 5.41) is 5.08. The molecule has 2 aromatic rings. The first kappa shape index (κ1) is 13.6. The van der Waals surface area contributed by atoms with Crippen LogP contribution in [0, 0.1) is 6.92 Å². The van der Waals surface area contributed by atoms with Gasteiger partial charge in [0.15, 0.2) is 0 Å². The molecular weight excluding hydrogens is 252 g/mol. The standard InChI is InChI=1S/C13H17B2N3O2/c1-8-10-6-9(7-16-11(10)18(14)17-8)15-19-12(2,3)13(4,5)20-15/h6-7H,1-5H3. The Bertz CT molecular complexity index is 666. The second-order valence-electron chi connectivity index (χ2n) is 6.26. The van der Waals surface area contributed by atoms with Gasteiger partial charge in [-0.1, -0.05) is 0 Å². The van der Waals surface area contributed by atoms with Crippen molar-refractivity contribution >= 4 is 31.6 Å². The second-order valence-corrected chi connectivity index (χ2v) is 6.26. The van der Waals surface area contributed by atoms with Crippen molar-refractivity contribution < 1.29 is 9.31 Å². The fourth-order valence-corrected chi connectivity index (χ4v) is 2.29. The van der Waals surface area contributed by atoms with E-state index in [-0.39, 0.29) is 11.2 Å². The number of fused-ring (bicyclic) bond motifs is 1. The van der Waals surface area contributed by atoms with Crippen LogP contribution in [0.1, 0.15) is 33.4 Å². The van der Waals surface area contributed by atoms with Crippen molar-refractivity contribution in [2.45, 2.75) is 45.8 Å². The monoisotopic (exact) mass is 269 g/mol. The molecule has 1 aliphatic rings. The van der Waals surface area contributed by atoms with Crippen LogP contribution in [-0.2, 0) is 9.31 Å². The summed E-state index contributed by atoms with van der Waals surface area (Å²) in [6.45, 7) is 10.0. The first-order valence-corrected chi connectivity index (χ1v) is 6.67. The maximum atomic E-state index is 6.03. The van der Waals surface area contributed by atoms with Gasteiger partial charge in [-0.3, -0.25) is 0 Å². The lowest BCUT2D eigenvalue weighted by Gasteiger charge is -2.32. The van der Waals surface area contributed by atoms with E-state index in [1.807, 2.05) is 40.7 Å². The van der Waals surface area contributed by atoms with E-state index in [0.717, 1.165) is 16.5 Å². The predicted molar refractivity (Wildman–Crippen MR) is 79.1 cm³/mol. The molecule has 0 amide bonds. The van der Waals surface area contributed by atoms with Gasteiger partial charge in [-0.05, 0) is 40.7 Å². The SMILES string of the molecule is [B]n1nc(C)c2cc(B3OC(C)(C)C(C)(C)O3)cnc21. The quantitative estimate of drug-likeness (QED) is 0.724. The molecule has 2 radical (unpaired) electrons. The summed E-state index contributed by atoms with van der Waals surface area (Å²) in [4.78, 5) is 4.36. The van der Waals surface area contributed by atoms with Crippen molar-refractivity contribution in [3.05, 3.63) is 18.0 Å². The molecule has 3 rings (SSSR count). The Morgan fingerprint density at radius 3 is 2.40 bits per heavy atom. The highest BCUT2D eigenvalue weighted by Crippen LogP contribution is 2.36. The third-order valence-corrected chi connectivity index (χ3v) is 4.28. The predicted octanol–water partition coefficient (Wildman–Crippen LogP) is 0.971. The lowest BCUT2D eigenvalue weighted by molar-refractivity contribution is 0.00578. The Morgan fingerprint density at radius 2 is 1.80 bits per heavy atom. The number of hydrogen-bond acceptors (Lipinski definition) is 4. The first-order chi connectivity index (χ1) is 9.21. The van der Waals surface area contributed by atoms with Gasteiger partial charge >= 0.3 is 7.12 Å². The Morgan fingerprint density at radius 1 is 1.20 bits per heavy atom. The summed E-state index contributed by atoms with van der Waals surface area (Å²) in [7, 11) is 5.33. The van der Waals surface area contributed by atoms with Crippen LogP contribution in [-0.4, -0.2) is 41.0 Å². The van der Waals surface area contributed by atoms with Crippen LogP contribution in [0.2, 0.25) is 0 Å². The molecular formula is C13H17B2N3O2. The molecule has 5 nitrogen and oxygen atoms in total. The van der Waals surface area contributed by atoms with Gasteiger partial charge in [-0.15, -0.1) is 0 Å². The van der Waals surface area contributed by atoms with E-state index in [9.17, 15) is 0 Å². The van der Waals surface area contributed by atoms with Crippen LogP contribution in [0.3, 0.4) is 0 Å². The molecule has 0 spiro atoms. The summed E-state index contributed by atoms with van der Waals surface area (Å²) in [5.41, 5.74) is 1.66. The van der Waals surface area contributed by atoms with Crippen LogP contribution in [0.15, 0.2) is 12.3 Å². The van der Waals surface area contributed by atoms with E-state index in [4.69, 9.17) is 17.3 Å². The highest BCUT2D eigenvalue weighted by atomic mass is 16.7. The molecule has 0 bridgehead atoms. The molecule has 0 aromatic carbocycles. The topological polar surface area (TPSA) is 49.2 Å². The van der Waals surface area contributed by atoms with Gasteiger partial charge in [-0.25, -0.2) is 4.98 Å². The minimum Gasteiger partial charge on any atom is -0.399 e. The minimum absolute atomic E-state index is 0.361. The maximum Gasteiger partial charge on any atom is 0.496 e. The van der Waals surface area contributed by atoms with Gasteiger partial charge in [0.1, 0.15) is 5.65 Å². The smallest absolute Gasteiger partial charge is 0.399 e. The van der Waals surface area contributed by atoms with Crippen LogP contribution in [0.4, 0.5) is 0 Å². The van der Waals surface area contributed by atoms with Crippen LogP contribution >= 0.6 is 0 Å². The average Bonchev–Trinajstić information content (AvgIpc) is 2.74. The van der Waals surface area contributed by atoms with Gasteiger partial charge in [0.2, 0.25) is 0 Å². The molecule has 3 heterocycles. The van der Waals surface area contributed by atoms with Crippen LogP contribution < -0.4 is 5.46 Å². The zero-order valence-corrected chi connectivity index (χ0v) is 12.5. The summed E-state index contributed by atoms with van der Waals surface area (Å²) in [6.07, 6.45) is 1.73. The summed E-state index contributed by atoms with van der Waals surface area (Å²) < 4.78 is 13.3. The number of aryl methyl sites for hydroxylation is 1. The largest absolute Gasteiger partial charge is 0.496 e. The molecule has 102 valence electrons. The van der Waals surface area contributed by atoms with Crippen molar-refractivity contribution in [2.75, 3.05) is 0 Å². The summed E-state index contributed by atoms with van der Waals surface area (Å²) in [5.74, 6) is 0. The zero-order chi connectivity index (χ0) is 14.7. The van der Waals surface area contributed by atoms with E-state index in [1.165, 1.54) is 4.59 Å². The van der Waals surface area contributed by atoms with Crippen LogP contribution in [0.5, 0.6) is 0 Å². The van der Waals surface area contributed by atoms with E-state index in [0.29, 0.717) is 5.65 Å². The molecule has 0 atom stereocenters. The Hall–Kier alpha value is -1.33. The average molecular weight is 269 g/mol. The zero-order valence-electron chi connectivity index (χ0n) is 12.5. The Kier molecular flexibility index (Phi) is 2.79. The summed E-state index contributed by atoms with van der Waals surface area (Å²) in [6, 6.07) is 1.98. The third-order valence-electron chi connectivity index (χ3n) is 4.28. The van der Waals surface area contributed by atoms with Gasteiger partial charge in [-0.2, -0.15) is 5.10 Å². The molecule has 1 saturated heterocycles. The van der Waals surface area contributed by atoms with E-state index in [2.05, 4.69) is 10.1 Å². The first-order valence-electron chi connectivity index (χ1n) is 6.67. The van der Waals surface area contributed by atoms with Gasteiger partial charge < -0.3 is 13.9 Å². The van der Waals surface area contributed by atoms with Crippen molar-refractivity contribution in [1.29, 1.82) is 0 Å². The molecule has 0 saturated carbocycles. The molecule has 2 aromatic heterocycles. The third kappa shape index (κ3) is 1.88. The van der Waals surface area contributed by atoms with Crippen molar-refractivity contribution in [2.24, 2.45) is 0 Å². The molecule has 0 unspecified atom stereocenters. The molecule has 0 aliphatic carbocycles. The number of pyridine rings is 1. The van der Waals surface area contributed by atoms with E-state index < -0.39 is 7.12 Å². The number of aromatic nitrogens is 3. The molecule has 20 heavy (non-hydrogen) atoms. The molecule has 1 fully saturated rings. The lowest BCUT2D eigenvalue weighted by Crippen LogP contribution is -2.41. The number of hydrogen-bond donors (Lipinski definition) is 0. The van der Waals surface area contributed by atoms with Crippen molar-refractivity contribution in [3.8, 4) is 0 Å². The van der Waals surface area contributed by atoms with Crippen LogP contribution in [0.25, 0.3) is 11.0 Å².